The van der Waals surface area contributed by atoms with Crippen LogP contribution in [0.5, 0.6) is 0 Å². The van der Waals surface area contributed by atoms with E-state index in [9.17, 15) is 18.0 Å². The minimum absolute atomic E-state index is 0.107. The molecule has 1 fully saturated rings. The van der Waals surface area contributed by atoms with E-state index in [1.54, 1.807) is 31.2 Å². The predicted molar refractivity (Wildman–Crippen MR) is 75.2 cm³/mol. The number of amides is 3. The zero-order valence-corrected chi connectivity index (χ0v) is 12.1. The second kappa shape index (κ2) is 5.24. The Balaban J connectivity index is 2.22. The van der Waals surface area contributed by atoms with Crippen molar-refractivity contribution in [3.8, 4) is 0 Å². The van der Waals surface area contributed by atoms with Crippen molar-refractivity contribution < 1.29 is 18.0 Å². The standard InChI is InChI=1S/C13H16N2O4S/c1-10-12(16)14(8-9-20(2,18)19)13(17)15(10)11-6-4-3-5-7-11/h3-7,10H,8-9H2,1-2H3/t10-/m0/s1. The van der Waals surface area contributed by atoms with Crippen molar-refractivity contribution in [1.29, 1.82) is 0 Å². The third kappa shape index (κ3) is 2.82. The maximum absolute atomic E-state index is 12.3. The minimum atomic E-state index is -3.22. The topological polar surface area (TPSA) is 74.8 Å². The van der Waals surface area contributed by atoms with Gasteiger partial charge in [-0.15, -0.1) is 0 Å². The quantitative estimate of drug-likeness (QED) is 0.773. The molecule has 1 heterocycles. The first-order valence-electron chi connectivity index (χ1n) is 6.18. The Morgan fingerprint density at radius 3 is 2.30 bits per heavy atom. The van der Waals surface area contributed by atoms with Gasteiger partial charge in [0.15, 0.2) is 0 Å². The molecule has 0 radical (unpaired) electrons. The van der Waals surface area contributed by atoms with Gasteiger partial charge in [-0.25, -0.2) is 13.2 Å². The summed E-state index contributed by atoms with van der Waals surface area (Å²) < 4.78 is 22.3. The number of nitrogens with zero attached hydrogens (tertiary/aromatic N) is 2. The number of sulfone groups is 1. The van der Waals surface area contributed by atoms with Gasteiger partial charge in [-0.05, 0) is 19.1 Å². The number of rotatable bonds is 4. The van der Waals surface area contributed by atoms with Gasteiger partial charge in [-0.3, -0.25) is 14.6 Å². The zero-order valence-electron chi connectivity index (χ0n) is 11.3. The lowest BCUT2D eigenvalue weighted by atomic mass is 10.2. The molecular weight excluding hydrogens is 280 g/mol. The molecule has 0 bridgehead atoms. The van der Waals surface area contributed by atoms with Crippen LogP contribution in [0.1, 0.15) is 6.92 Å². The van der Waals surface area contributed by atoms with Crippen LogP contribution in [0.2, 0.25) is 0 Å². The van der Waals surface area contributed by atoms with E-state index < -0.39 is 21.9 Å². The van der Waals surface area contributed by atoms with Crippen molar-refractivity contribution in [3.05, 3.63) is 30.3 Å². The molecule has 7 heteroatoms. The highest BCUT2D eigenvalue weighted by molar-refractivity contribution is 7.90. The van der Waals surface area contributed by atoms with E-state index in [2.05, 4.69) is 0 Å². The third-order valence-corrected chi connectivity index (χ3v) is 4.09. The van der Waals surface area contributed by atoms with Crippen LogP contribution in [0.15, 0.2) is 30.3 Å². The van der Waals surface area contributed by atoms with Crippen LogP contribution < -0.4 is 4.90 Å². The summed E-state index contributed by atoms with van der Waals surface area (Å²) in [6.07, 6.45) is 1.08. The number of hydrogen-bond donors (Lipinski definition) is 0. The number of anilines is 1. The summed E-state index contributed by atoms with van der Waals surface area (Å²) in [6, 6.07) is 7.75. The molecule has 0 spiro atoms. The number of carbonyl (C=O) groups is 2. The maximum Gasteiger partial charge on any atom is 0.332 e. The Hall–Kier alpha value is -1.89. The molecule has 0 aromatic heterocycles. The van der Waals surface area contributed by atoms with Crippen LogP contribution in [0.25, 0.3) is 0 Å². The van der Waals surface area contributed by atoms with Crippen molar-refractivity contribution in [1.82, 2.24) is 4.90 Å². The van der Waals surface area contributed by atoms with Gasteiger partial charge < -0.3 is 0 Å². The van der Waals surface area contributed by atoms with E-state index in [-0.39, 0.29) is 18.2 Å². The van der Waals surface area contributed by atoms with Gasteiger partial charge in [0, 0.05) is 18.5 Å². The lowest BCUT2D eigenvalue weighted by Gasteiger charge is -2.19. The maximum atomic E-state index is 12.3. The Bertz CT molecular complexity index is 627. The van der Waals surface area contributed by atoms with E-state index in [1.807, 2.05) is 6.07 Å². The monoisotopic (exact) mass is 296 g/mol. The number of carbonyl (C=O) groups excluding carboxylic acids is 2. The first kappa shape index (κ1) is 14.5. The molecule has 1 aromatic carbocycles. The van der Waals surface area contributed by atoms with Crippen LogP contribution in [-0.4, -0.2) is 49.9 Å². The van der Waals surface area contributed by atoms with Crippen molar-refractivity contribution in [3.63, 3.8) is 0 Å². The van der Waals surface area contributed by atoms with Crippen molar-refractivity contribution in [2.75, 3.05) is 23.5 Å². The predicted octanol–water partition coefficient (Wildman–Crippen LogP) is 0.888. The van der Waals surface area contributed by atoms with Crippen LogP contribution in [-0.2, 0) is 14.6 Å². The van der Waals surface area contributed by atoms with E-state index in [1.165, 1.54) is 4.90 Å². The number of urea groups is 1. The second-order valence-corrected chi connectivity index (χ2v) is 7.04. The van der Waals surface area contributed by atoms with Gasteiger partial charge in [0.25, 0.3) is 5.91 Å². The van der Waals surface area contributed by atoms with Gasteiger partial charge in [0.1, 0.15) is 15.9 Å². The van der Waals surface area contributed by atoms with Crippen LogP contribution >= 0.6 is 0 Å². The normalized spacial score (nSPS) is 19.8. The molecule has 108 valence electrons. The van der Waals surface area contributed by atoms with Crippen molar-refractivity contribution in [2.24, 2.45) is 0 Å². The molecule has 1 aliphatic heterocycles. The van der Waals surface area contributed by atoms with Gasteiger partial charge in [-0.2, -0.15) is 0 Å². The Kier molecular flexibility index (Phi) is 3.80. The van der Waals surface area contributed by atoms with E-state index in [0.29, 0.717) is 5.69 Å². The summed E-state index contributed by atoms with van der Waals surface area (Å²) in [5, 5.41) is 0. The van der Waals surface area contributed by atoms with E-state index in [0.717, 1.165) is 11.2 Å². The van der Waals surface area contributed by atoms with Gasteiger partial charge in [0.05, 0.1) is 5.75 Å². The average molecular weight is 296 g/mol. The molecule has 3 amide bonds. The highest BCUT2D eigenvalue weighted by Crippen LogP contribution is 2.25. The summed E-state index contributed by atoms with van der Waals surface area (Å²) in [6.45, 7) is 1.53. The summed E-state index contributed by atoms with van der Waals surface area (Å²) in [7, 11) is -3.22. The zero-order chi connectivity index (χ0) is 14.9. The molecule has 0 aliphatic carbocycles. The fourth-order valence-electron chi connectivity index (χ4n) is 2.11. The van der Waals surface area contributed by atoms with Crippen molar-refractivity contribution >= 4 is 27.5 Å². The Morgan fingerprint density at radius 1 is 1.15 bits per heavy atom. The number of hydrogen-bond acceptors (Lipinski definition) is 4. The smallest absolute Gasteiger partial charge is 0.282 e. The lowest BCUT2D eigenvalue weighted by molar-refractivity contribution is -0.126. The van der Waals surface area contributed by atoms with E-state index in [4.69, 9.17) is 0 Å². The molecule has 1 atom stereocenters. The number of imide groups is 1. The highest BCUT2D eigenvalue weighted by atomic mass is 32.2. The molecule has 20 heavy (non-hydrogen) atoms. The fourth-order valence-corrected chi connectivity index (χ4v) is 2.63. The lowest BCUT2D eigenvalue weighted by Crippen LogP contribution is -2.36. The van der Waals surface area contributed by atoms with Gasteiger partial charge in [0.2, 0.25) is 0 Å². The second-order valence-electron chi connectivity index (χ2n) is 4.78. The number of para-hydroxylation sites is 1. The summed E-state index contributed by atoms with van der Waals surface area (Å²) in [5.74, 6) is -0.595. The van der Waals surface area contributed by atoms with Gasteiger partial charge >= 0.3 is 6.03 Å². The SMILES string of the molecule is C[C@H]1C(=O)N(CCS(C)(=O)=O)C(=O)N1c1ccccc1. The molecule has 6 nitrogen and oxygen atoms in total. The largest absolute Gasteiger partial charge is 0.332 e. The molecule has 0 N–H and O–H groups in total. The molecule has 0 saturated carbocycles. The average Bonchev–Trinajstić information content (AvgIpc) is 2.59. The molecule has 1 aromatic rings. The summed E-state index contributed by atoms with van der Waals surface area (Å²) >= 11 is 0. The highest BCUT2D eigenvalue weighted by Gasteiger charge is 2.43. The molecular formula is C13H16N2O4S. The Labute approximate surface area is 117 Å². The summed E-state index contributed by atoms with van der Waals surface area (Å²) in [5.41, 5.74) is 0.625. The number of benzene rings is 1. The van der Waals surface area contributed by atoms with Crippen LogP contribution in [0.3, 0.4) is 0 Å². The minimum Gasteiger partial charge on any atom is -0.282 e. The third-order valence-electron chi connectivity index (χ3n) is 3.17. The first-order chi connectivity index (χ1) is 9.31. The first-order valence-corrected chi connectivity index (χ1v) is 8.24. The molecule has 1 aliphatic rings. The van der Waals surface area contributed by atoms with Crippen molar-refractivity contribution in [2.45, 2.75) is 13.0 Å². The van der Waals surface area contributed by atoms with Gasteiger partial charge in [-0.1, -0.05) is 18.2 Å². The molecule has 0 unspecified atom stereocenters. The molecule has 1 saturated heterocycles. The Morgan fingerprint density at radius 2 is 1.75 bits per heavy atom. The molecule has 2 rings (SSSR count). The summed E-state index contributed by atoms with van der Waals surface area (Å²) in [4.78, 5) is 26.7. The fraction of sp³-hybridized carbons (Fsp3) is 0.385. The van der Waals surface area contributed by atoms with Crippen LogP contribution in [0, 0.1) is 0 Å². The van der Waals surface area contributed by atoms with Crippen LogP contribution in [0.4, 0.5) is 10.5 Å². The van der Waals surface area contributed by atoms with E-state index >= 15 is 0 Å².